The first-order valence-electron chi connectivity index (χ1n) is 6.64. The van der Waals surface area contributed by atoms with Gasteiger partial charge in [0.2, 0.25) is 0 Å². The SMILES string of the molecule is COc1ccccc1CN(C)Cc1cc(C(=O)O)c(C)o1. The number of carbonyl (C=O) groups is 1. The van der Waals surface area contributed by atoms with Crippen molar-refractivity contribution in [2.45, 2.75) is 20.0 Å². The lowest BCUT2D eigenvalue weighted by atomic mass is 10.2. The molecule has 0 unspecified atom stereocenters. The van der Waals surface area contributed by atoms with Crippen LogP contribution in [0.4, 0.5) is 0 Å². The number of rotatable bonds is 6. The number of ether oxygens (including phenoxy) is 1. The average Bonchev–Trinajstić information content (AvgIpc) is 2.80. The van der Waals surface area contributed by atoms with Crippen LogP contribution < -0.4 is 4.74 Å². The van der Waals surface area contributed by atoms with E-state index in [2.05, 4.69) is 0 Å². The highest BCUT2D eigenvalue weighted by atomic mass is 16.5. The molecule has 0 saturated heterocycles. The number of methoxy groups -OCH3 is 1. The Kier molecular flexibility index (Phi) is 4.65. The number of furan rings is 1. The average molecular weight is 289 g/mol. The lowest BCUT2D eigenvalue weighted by molar-refractivity contribution is 0.0695. The smallest absolute Gasteiger partial charge is 0.339 e. The van der Waals surface area contributed by atoms with Gasteiger partial charge in [-0.25, -0.2) is 4.79 Å². The summed E-state index contributed by atoms with van der Waals surface area (Å²) in [5.41, 5.74) is 1.29. The van der Waals surface area contributed by atoms with Crippen molar-refractivity contribution < 1.29 is 19.1 Å². The van der Waals surface area contributed by atoms with Gasteiger partial charge in [0.25, 0.3) is 0 Å². The molecule has 0 saturated carbocycles. The normalized spacial score (nSPS) is 10.9. The fourth-order valence-corrected chi connectivity index (χ4v) is 2.28. The monoisotopic (exact) mass is 289 g/mol. The van der Waals surface area contributed by atoms with E-state index in [4.69, 9.17) is 14.3 Å². The molecule has 112 valence electrons. The highest BCUT2D eigenvalue weighted by molar-refractivity contribution is 5.88. The van der Waals surface area contributed by atoms with Crippen LogP contribution in [-0.4, -0.2) is 30.1 Å². The third-order valence-corrected chi connectivity index (χ3v) is 3.26. The van der Waals surface area contributed by atoms with Gasteiger partial charge in [0, 0.05) is 12.1 Å². The Hall–Kier alpha value is -2.27. The maximum atomic E-state index is 11.0. The third kappa shape index (κ3) is 3.64. The molecule has 0 amide bonds. The number of carboxylic acids is 1. The van der Waals surface area contributed by atoms with Gasteiger partial charge in [-0.15, -0.1) is 0 Å². The Morgan fingerprint density at radius 3 is 2.67 bits per heavy atom. The molecule has 1 aromatic heterocycles. The summed E-state index contributed by atoms with van der Waals surface area (Å²) in [5, 5.41) is 9.03. The second-order valence-electron chi connectivity index (χ2n) is 4.97. The zero-order valence-electron chi connectivity index (χ0n) is 12.4. The van der Waals surface area contributed by atoms with Crippen LogP contribution >= 0.6 is 0 Å². The van der Waals surface area contributed by atoms with E-state index in [0.717, 1.165) is 11.3 Å². The molecular formula is C16H19NO4. The number of aryl methyl sites for hydroxylation is 1. The summed E-state index contributed by atoms with van der Waals surface area (Å²) in [6, 6.07) is 9.40. The Labute approximate surface area is 123 Å². The second-order valence-corrected chi connectivity index (χ2v) is 4.97. The van der Waals surface area contributed by atoms with Crippen molar-refractivity contribution >= 4 is 5.97 Å². The highest BCUT2D eigenvalue weighted by Crippen LogP contribution is 2.21. The molecule has 0 spiro atoms. The van der Waals surface area contributed by atoms with Gasteiger partial charge in [-0.05, 0) is 26.1 Å². The zero-order valence-corrected chi connectivity index (χ0v) is 12.4. The number of hydrogen-bond acceptors (Lipinski definition) is 4. The fraction of sp³-hybridized carbons (Fsp3) is 0.312. The largest absolute Gasteiger partial charge is 0.496 e. The minimum atomic E-state index is -0.963. The Morgan fingerprint density at radius 1 is 1.33 bits per heavy atom. The molecule has 5 nitrogen and oxygen atoms in total. The van der Waals surface area contributed by atoms with Gasteiger partial charge in [-0.2, -0.15) is 0 Å². The molecule has 1 N–H and O–H groups in total. The Balaban J connectivity index is 2.06. The topological polar surface area (TPSA) is 62.9 Å². The van der Waals surface area contributed by atoms with Crippen molar-refractivity contribution in [1.29, 1.82) is 0 Å². The summed E-state index contributed by atoms with van der Waals surface area (Å²) < 4.78 is 10.8. The molecule has 21 heavy (non-hydrogen) atoms. The van der Waals surface area contributed by atoms with Crippen molar-refractivity contribution in [3.05, 3.63) is 53.0 Å². The van der Waals surface area contributed by atoms with E-state index in [0.29, 0.717) is 24.6 Å². The standard InChI is InChI=1S/C16H19NO4/c1-11-14(16(18)19)8-13(21-11)10-17(2)9-12-6-4-5-7-15(12)20-3/h4-8H,9-10H2,1-3H3,(H,18,19). The summed E-state index contributed by atoms with van der Waals surface area (Å²) in [7, 11) is 3.60. The van der Waals surface area contributed by atoms with Gasteiger partial charge in [0.15, 0.2) is 0 Å². The number of hydrogen-bond donors (Lipinski definition) is 1. The number of nitrogens with zero attached hydrogens (tertiary/aromatic N) is 1. The third-order valence-electron chi connectivity index (χ3n) is 3.26. The molecule has 0 radical (unpaired) electrons. The molecule has 2 rings (SSSR count). The number of benzene rings is 1. The molecule has 1 aromatic carbocycles. The number of aromatic carboxylic acids is 1. The predicted octanol–water partition coefficient (Wildman–Crippen LogP) is 2.93. The summed E-state index contributed by atoms with van der Waals surface area (Å²) >= 11 is 0. The quantitative estimate of drug-likeness (QED) is 0.886. The molecular weight excluding hydrogens is 270 g/mol. The number of para-hydroxylation sites is 1. The van der Waals surface area contributed by atoms with Crippen molar-refractivity contribution in [2.75, 3.05) is 14.2 Å². The van der Waals surface area contributed by atoms with Gasteiger partial charge in [0.05, 0.1) is 13.7 Å². The van der Waals surface area contributed by atoms with E-state index in [-0.39, 0.29) is 5.56 Å². The number of carboxylic acid groups (broad SMARTS) is 1. The van der Waals surface area contributed by atoms with Gasteiger partial charge in [-0.3, -0.25) is 4.90 Å². The minimum absolute atomic E-state index is 0.218. The second kappa shape index (κ2) is 6.45. The first kappa shape index (κ1) is 15.1. The molecule has 0 atom stereocenters. The molecule has 0 aliphatic rings. The summed E-state index contributed by atoms with van der Waals surface area (Å²) in [6.07, 6.45) is 0. The maximum Gasteiger partial charge on any atom is 0.339 e. The fourth-order valence-electron chi connectivity index (χ4n) is 2.28. The van der Waals surface area contributed by atoms with Crippen molar-refractivity contribution in [3.63, 3.8) is 0 Å². The molecule has 0 aliphatic heterocycles. The van der Waals surface area contributed by atoms with Crippen molar-refractivity contribution in [2.24, 2.45) is 0 Å². The molecule has 0 fully saturated rings. The van der Waals surface area contributed by atoms with Gasteiger partial charge in [-0.1, -0.05) is 18.2 Å². The van der Waals surface area contributed by atoms with E-state index in [1.165, 1.54) is 0 Å². The van der Waals surface area contributed by atoms with Crippen molar-refractivity contribution in [1.82, 2.24) is 4.90 Å². The summed E-state index contributed by atoms with van der Waals surface area (Å²) in [4.78, 5) is 13.0. The molecule has 2 aromatic rings. The van der Waals surface area contributed by atoms with E-state index < -0.39 is 5.97 Å². The predicted molar refractivity (Wildman–Crippen MR) is 78.6 cm³/mol. The molecule has 0 aliphatic carbocycles. The summed E-state index contributed by atoms with van der Waals surface area (Å²) in [5.74, 6) is 0.951. The zero-order chi connectivity index (χ0) is 15.4. The van der Waals surface area contributed by atoms with Crippen LogP contribution in [0.15, 0.2) is 34.7 Å². The van der Waals surface area contributed by atoms with Crippen LogP contribution in [-0.2, 0) is 13.1 Å². The van der Waals surface area contributed by atoms with Gasteiger partial charge < -0.3 is 14.3 Å². The van der Waals surface area contributed by atoms with E-state index in [1.807, 2.05) is 36.2 Å². The van der Waals surface area contributed by atoms with Gasteiger partial charge in [0.1, 0.15) is 22.8 Å². The van der Waals surface area contributed by atoms with Crippen LogP contribution in [0.5, 0.6) is 5.75 Å². The van der Waals surface area contributed by atoms with Crippen LogP contribution in [0.3, 0.4) is 0 Å². The van der Waals surface area contributed by atoms with Crippen LogP contribution in [0.2, 0.25) is 0 Å². The van der Waals surface area contributed by atoms with Crippen LogP contribution in [0, 0.1) is 6.92 Å². The molecule has 0 bridgehead atoms. The van der Waals surface area contributed by atoms with E-state index in [1.54, 1.807) is 20.1 Å². The molecule has 5 heteroatoms. The Bertz CT molecular complexity index is 633. The van der Waals surface area contributed by atoms with Crippen LogP contribution in [0.1, 0.15) is 27.4 Å². The van der Waals surface area contributed by atoms with Gasteiger partial charge >= 0.3 is 5.97 Å². The van der Waals surface area contributed by atoms with E-state index in [9.17, 15) is 4.79 Å². The Morgan fingerprint density at radius 2 is 2.05 bits per heavy atom. The molecule has 1 heterocycles. The van der Waals surface area contributed by atoms with Crippen LogP contribution in [0.25, 0.3) is 0 Å². The minimum Gasteiger partial charge on any atom is -0.496 e. The highest BCUT2D eigenvalue weighted by Gasteiger charge is 2.15. The first-order valence-corrected chi connectivity index (χ1v) is 6.64. The lowest BCUT2D eigenvalue weighted by Crippen LogP contribution is -2.17. The van der Waals surface area contributed by atoms with E-state index >= 15 is 0 Å². The maximum absolute atomic E-state index is 11.0. The summed E-state index contributed by atoms with van der Waals surface area (Å²) in [6.45, 7) is 2.88. The van der Waals surface area contributed by atoms with Crippen molar-refractivity contribution in [3.8, 4) is 5.75 Å². The lowest BCUT2D eigenvalue weighted by Gasteiger charge is -2.17. The first-order chi connectivity index (χ1) is 10.0.